The summed E-state index contributed by atoms with van der Waals surface area (Å²) >= 11 is 0. The molecule has 0 N–H and O–H groups in total. The molecule has 2 nitrogen and oxygen atoms in total. The second kappa shape index (κ2) is 4.35. The lowest BCUT2D eigenvalue weighted by molar-refractivity contribution is 0.0988. The van der Waals surface area contributed by atoms with Crippen molar-refractivity contribution in [2.75, 3.05) is 7.11 Å². The number of fused-ring (bicyclic) bond motifs is 1. The average Bonchev–Trinajstić information content (AvgIpc) is 2.36. The highest BCUT2D eigenvalue weighted by Crippen LogP contribution is 2.26. The Bertz CT molecular complexity index is 529. The van der Waals surface area contributed by atoms with E-state index in [1.54, 1.807) is 7.11 Å². The minimum Gasteiger partial charge on any atom is -0.496 e. The minimum atomic E-state index is 0.171. The fourth-order valence-corrected chi connectivity index (χ4v) is 1.81. The SMILES string of the molecule is CCC(=O)c1ccc2c(OC)cccc2c1. The Morgan fingerprint density at radius 2 is 2.06 bits per heavy atom. The predicted octanol–water partition coefficient (Wildman–Crippen LogP) is 3.44. The lowest BCUT2D eigenvalue weighted by atomic mass is 10.0. The van der Waals surface area contributed by atoms with Crippen LogP contribution in [0.2, 0.25) is 0 Å². The maximum absolute atomic E-state index is 11.6. The Morgan fingerprint density at radius 1 is 1.25 bits per heavy atom. The largest absolute Gasteiger partial charge is 0.496 e. The number of benzene rings is 2. The third kappa shape index (κ3) is 1.78. The van der Waals surface area contributed by atoms with Gasteiger partial charge in [0.15, 0.2) is 5.78 Å². The van der Waals surface area contributed by atoms with E-state index in [9.17, 15) is 4.79 Å². The van der Waals surface area contributed by atoms with Gasteiger partial charge in [0.2, 0.25) is 0 Å². The summed E-state index contributed by atoms with van der Waals surface area (Å²) in [7, 11) is 1.65. The Hall–Kier alpha value is -1.83. The third-order valence-electron chi connectivity index (χ3n) is 2.70. The van der Waals surface area contributed by atoms with Gasteiger partial charge in [-0.05, 0) is 23.6 Å². The molecule has 0 aliphatic carbocycles. The number of methoxy groups -OCH3 is 1. The Labute approximate surface area is 94.8 Å². The zero-order valence-corrected chi connectivity index (χ0v) is 9.49. The summed E-state index contributed by atoms with van der Waals surface area (Å²) in [4.78, 5) is 11.6. The molecule has 0 aromatic heterocycles. The second-order valence-corrected chi connectivity index (χ2v) is 3.67. The van der Waals surface area contributed by atoms with E-state index in [2.05, 4.69) is 0 Å². The fourth-order valence-electron chi connectivity index (χ4n) is 1.81. The first-order valence-corrected chi connectivity index (χ1v) is 5.36. The van der Waals surface area contributed by atoms with Crippen LogP contribution in [-0.4, -0.2) is 12.9 Å². The van der Waals surface area contributed by atoms with Crippen molar-refractivity contribution in [3.63, 3.8) is 0 Å². The average molecular weight is 214 g/mol. The number of carbonyl (C=O) groups is 1. The van der Waals surface area contributed by atoms with E-state index in [0.29, 0.717) is 6.42 Å². The molecular weight excluding hydrogens is 200 g/mol. The first-order valence-electron chi connectivity index (χ1n) is 5.36. The van der Waals surface area contributed by atoms with Gasteiger partial charge in [0.1, 0.15) is 5.75 Å². The van der Waals surface area contributed by atoms with Crippen molar-refractivity contribution in [3.05, 3.63) is 42.0 Å². The number of carbonyl (C=O) groups excluding carboxylic acids is 1. The molecule has 0 spiro atoms. The number of rotatable bonds is 3. The van der Waals surface area contributed by atoms with Crippen molar-refractivity contribution in [3.8, 4) is 5.75 Å². The molecule has 2 rings (SSSR count). The van der Waals surface area contributed by atoms with E-state index in [0.717, 1.165) is 22.1 Å². The zero-order chi connectivity index (χ0) is 11.5. The van der Waals surface area contributed by atoms with Crippen LogP contribution in [0.5, 0.6) is 5.75 Å². The van der Waals surface area contributed by atoms with Gasteiger partial charge >= 0.3 is 0 Å². The lowest BCUT2D eigenvalue weighted by Gasteiger charge is -2.06. The van der Waals surface area contributed by atoms with Gasteiger partial charge in [-0.15, -0.1) is 0 Å². The van der Waals surface area contributed by atoms with E-state index < -0.39 is 0 Å². The molecule has 0 bridgehead atoms. The standard InChI is InChI=1S/C14H14O2/c1-3-13(15)11-7-8-12-10(9-11)5-4-6-14(12)16-2/h4-9H,3H2,1-2H3. The monoisotopic (exact) mass is 214 g/mol. The zero-order valence-electron chi connectivity index (χ0n) is 9.49. The molecule has 0 amide bonds. The first kappa shape index (κ1) is 10.7. The van der Waals surface area contributed by atoms with E-state index in [1.807, 2.05) is 43.3 Å². The Kier molecular flexibility index (Phi) is 2.91. The summed E-state index contributed by atoms with van der Waals surface area (Å²) in [5.41, 5.74) is 0.767. The number of ether oxygens (including phenoxy) is 1. The van der Waals surface area contributed by atoms with Crippen LogP contribution in [0.1, 0.15) is 23.7 Å². The molecule has 0 saturated carbocycles. The van der Waals surface area contributed by atoms with Gasteiger partial charge in [-0.2, -0.15) is 0 Å². The molecule has 0 aliphatic rings. The van der Waals surface area contributed by atoms with Crippen LogP contribution >= 0.6 is 0 Å². The summed E-state index contributed by atoms with van der Waals surface area (Å²) in [5, 5.41) is 2.08. The van der Waals surface area contributed by atoms with Crippen molar-refractivity contribution in [2.45, 2.75) is 13.3 Å². The van der Waals surface area contributed by atoms with Crippen molar-refractivity contribution in [2.24, 2.45) is 0 Å². The van der Waals surface area contributed by atoms with Crippen LogP contribution in [-0.2, 0) is 0 Å². The molecule has 82 valence electrons. The van der Waals surface area contributed by atoms with E-state index in [-0.39, 0.29) is 5.78 Å². The topological polar surface area (TPSA) is 26.3 Å². The summed E-state index contributed by atoms with van der Waals surface area (Å²) in [6.07, 6.45) is 0.537. The molecule has 0 saturated heterocycles. The van der Waals surface area contributed by atoms with E-state index >= 15 is 0 Å². The number of ketones is 1. The molecule has 0 heterocycles. The normalized spacial score (nSPS) is 10.4. The maximum Gasteiger partial charge on any atom is 0.162 e. The van der Waals surface area contributed by atoms with E-state index in [1.165, 1.54) is 0 Å². The van der Waals surface area contributed by atoms with Crippen molar-refractivity contribution < 1.29 is 9.53 Å². The number of hydrogen-bond acceptors (Lipinski definition) is 2. The molecule has 0 aliphatic heterocycles. The van der Waals surface area contributed by atoms with Crippen LogP contribution in [0.3, 0.4) is 0 Å². The van der Waals surface area contributed by atoms with Crippen LogP contribution in [0.15, 0.2) is 36.4 Å². The van der Waals surface area contributed by atoms with Gasteiger partial charge in [-0.1, -0.05) is 25.1 Å². The Balaban J connectivity index is 2.59. The van der Waals surface area contributed by atoms with E-state index in [4.69, 9.17) is 4.74 Å². The van der Waals surface area contributed by atoms with Crippen LogP contribution < -0.4 is 4.74 Å². The highest BCUT2D eigenvalue weighted by molar-refractivity contribution is 6.00. The smallest absolute Gasteiger partial charge is 0.162 e. The quantitative estimate of drug-likeness (QED) is 0.731. The molecular formula is C14H14O2. The Morgan fingerprint density at radius 3 is 2.75 bits per heavy atom. The van der Waals surface area contributed by atoms with Gasteiger partial charge in [-0.25, -0.2) is 0 Å². The van der Waals surface area contributed by atoms with Gasteiger partial charge in [0.05, 0.1) is 7.11 Å². The summed E-state index contributed by atoms with van der Waals surface area (Å²) in [6, 6.07) is 11.6. The first-order chi connectivity index (χ1) is 7.76. The fraction of sp³-hybridized carbons (Fsp3) is 0.214. The van der Waals surface area contributed by atoms with Gasteiger partial charge in [-0.3, -0.25) is 4.79 Å². The van der Waals surface area contributed by atoms with Crippen molar-refractivity contribution >= 4 is 16.6 Å². The predicted molar refractivity (Wildman–Crippen MR) is 65.1 cm³/mol. The summed E-state index contributed by atoms with van der Waals surface area (Å²) < 4.78 is 5.27. The van der Waals surface area contributed by atoms with Crippen LogP contribution in [0.25, 0.3) is 10.8 Å². The minimum absolute atomic E-state index is 0.171. The second-order valence-electron chi connectivity index (χ2n) is 3.67. The van der Waals surface area contributed by atoms with Crippen molar-refractivity contribution in [1.82, 2.24) is 0 Å². The maximum atomic E-state index is 11.6. The lowest BCUT2D eigenvalue weighted by Crippen LogP contribution is -1.96. The number of hydrogen-bond donors (Lipinski definition) is 0. The highest BCUT2D eigenvalue weighted by atomic mass is 16.5. The number of Topliss-reactive ketones (excluding diaryl/α,β-unsaturated/α-hetero) is 1. The summed E-state index contributed by atoms with van der Waals surface area (Å²) in [6.45, 7) is 1.87. The summed E-state index contributed by atoms with van der Waals surface area (Å²) in [5.74, 6) is 1.01. The molecule has 16 heavy (non-hydrogen) atoms. The van der Waals surface area contributed by atoms with Gasteiger partial charge in [0, 0.05) is 17.4 Å². The molecule has 0 radical (unpaired) electrons. The third-order valence-corrected chi connectivity index (χ3v) is 2.70. The molecule has 0 unspecified atom stereocenters. The highest BCUT2D eigenvalue weighted by Gasteiger charge is 2.06. The molecule has 2 aromatic carbocycles. The molecule has 0 fully saturated rings. The molecule has 0 atom stereocenters. The van der Waals surface area contributed by atoms with Gasteiger partial charge < -0.3 is 4.74 Å². The molecule has 2 heteroatoms. The van der Waals surface area contributed by atoms with Crippen molar-refractivity contribution in [1.29, 1.82) is 0 Å². The van der Waals surface area contributed by atoms with Gasteiger partial charge in [0.25, 0.3) is 0 Å². The molecule has 2 aromatic rings. The van der Waals surface area contributed by atoms with Crippen LogP contribution in [0, 0.1) is 0 Å². The van der Waals surface area contributed by atoms with Crippen LogP contribution in [0.4, 0.5) is 0 Å².